The maximum atomic E-state index is 13.1. The third kappa shape index (κ3) is 3.78. The van der Waals surface area contributed by atoms with Crippen molar-refractivity contribution in [1.82, 2.24) is 4.57 Å². The molecule has 0 saturated heterocycles. The van der Waals surface area contributed by atoms with E-state index in [4.69, 9.17) is 0 Å². The first kappa shape index (κ1) is 19.3. The summed E-state index contributed by atoms with van der Waals surface area (Å²) in [4.78, 5) is 27.0. The molecule has 6 heteroatoms. The molecule has 0 aliphatic carbocycles. The molecule has 1 aliphatic rings. The second kappa shape index (κ2) is 7.89. The summed E-state index contributed by atoms with van der Waals surface area (Å²) in [6.45, 7) is 0.0996. The average Bonchev–Trinajstić information content (AvgIpc) is 3.28. The Labute approximate surface area is 182 Å². The van der Waals surface area contributed by atoms with Gasteiger partial charge in [-0.3, -0.25) is 9.59 Å². The van der Waals surface area contributed by atoms with Gasteiger partial charge in [0.1, 0.15) is 12.4 Å². The number of hydrogen-bond donors (Lipinski definition) is 1. The summed E-state index contributed by atoms with van der Waals surface area (Å²) in [5.74, 6) is -0.551. The van der Waals surface area contributed by atoms with Gasteiger partial charge in [-0.1, -0.05) is 42.1 Å². The first-order valence-electron chi connectivity index (χ1n) is 9.75. The van der Waals surface area contributed by atoms with E-state index in [9.17, 15) is 14.0 Å². The van der Waals surface area contributed by atoms with Crippen molar-refractivity contribution in [3.8, 4) is 0 Å². The number of benzene rings is 3. The number of fused-ring (bicyclic) bond motifs is 2. The van der Waals surface area contributed by atoms with E-state index in [0.29, 0.717) is 10.6 Å². The zero-order valence-corrected chi connectivity index (χ0v) is 17.2. The van der Waals surface area contributed by atoms with Crippen molar-refractivity contribution in [1.29, 1.82) is 0 Å². The summed E-state index contributed by atoms with van der Waals surface area (Å²) in [5, 5.41) is 3.75. The van der Waals surface area contributed by atoms with E-state index < -0.39 is 0 Å². The smallest absolute Gasteiger partial charge is 0.244 e. The largest absolute Gasteiger partial charge is 0.337 e. The molecule has 0 radical (unpaired) electrons. The summed E-state index contributed by atoms with van der Waals surface area (Å²) in [6, 6.07) is 21.0. The normalized spacial score (nSPS) is 14.2. The van der Waals surface area contributed by atoms with Gasteiger partial charge in [0.2, 0.25) is 11.7 Å². The van der Waals surface area contributed by atoms with Crippen LogP contribution < -0.4 is 5.32 Å². The lowest BCUT2D eigenvalue weighted by Gasteiger charge is -2.07. The highest BCUT2D eigenvalue weighted by molar-refractivity contribution is 8.04. The van der Waals surface area contributed by atoms with Gasteiger partial charge >= 0.3 is 0 Å². The topological polar surface area (TPSA) is 51.1 Å². The number of halogens is 1. The van der Waals surface area contributed by atoms with Gasteiger partial charge < -0.3 is 9.88 Å². The standard InChI is InChI=1S/C25H17FN2O2S/c26-17-9-11-18(12-10-17)27-24(29)15-28-14-16(19-5-1-3-7-21(19)28)13-23-25(30)20-6-2-4-8-22(20)31-23/h1-14H,15H2,(H,27,29)/b23-13+. The lowest BCUT2D eigenvalue weighted by atomic mass is 10.1. The number of anilines is 1. The molecule has 0 saturated carbocycles. The Bertz CT molecular complexity index is 1360. The summed E-state index contributed by atoms with van der Waals surface area (Å²) < 4.78 is 14.9. The first-order valence-corrected chi connectivity index (χ1v) is 10.6. The summed E-state index contributed by atoms with van der Waals surface area (Å²) >= 11 is 1.47. The van der Waals surface area contributed by atoms with Gasteiger partial charge in [-0.25, -0.2) is 4.39 Å². The number of para-hydroxylation sites is 1. The van der Waals surface area contributed by atoms with Crippen LogP contribution in [0.15, 0.2) is 88.8 Å². The number of amides is 1. The van der Waals surface area contributed by atoms with E-state index in [1.165, 1.54) is 36.0 Å². The highest BCUT2D eigenvalue weighted by Crippen LogP contribution is 2.41. The van der Waals surface area contributed by atoms with E-state index in [0.717, 1.165) is 26.9 Å². The average molecular weight is 428 g/mol. The highest BCUT2D eigenvalue weighted by atomic mass is 32.2. The van der Waals surface area contributed by atoms with Crippen molar-refractivity contribution >= 4 is 46.1 Å². The molecular formula is C25H17FN2O2S. The minimum absolute atomic E-state index is 0.0199. The Kier molecular flexibility index (Phi) is 4.92. The molecule has 2 heterocycles. The van der Waals surface area contributed by atoms with Gasteiger partial charge in [-0.05, 0) is 48.5 Å². The molecule has 0 bridgehead atoms. The Morgan fingerprint density at radius 2 is 1.74 bits per heavy atom. The zero-order chi connectivity index (χ0) is 21.4. The fraction of sp³-hybridized carbons (Fsp3) is 0.0400. The Morgan fingerprint density at radius 1 is 1.00 bits per heavy atom. The predicted molar refractivity (Wildman–Crippen MR) is 122 cm³/mol. The molecule has 31 heavy (non-hydrogen) atoms. The molecule has 0 fully saturated rings. The number of hydrogen-bond acceptors (Lipinski definition) is 3. The van der Waals surface area contributed by atoms with Crippen LogP contribution in [0.25, 0.3) is 17.0 Å². The highest BCUT2D eigenvalue weighted by Gasteiger charge is 2.25. The van der Waals surface area contributed by atoms with Gasteiger partial charge in [-0.2, -0.15) is 0 Å². The number of carbonyl (C=O) groups excluding carboxylic acids is 2. The van der Waals surface area contributed by atoms with E-state index in [1.54, 1.807) is 0 Å². The molecule has 0 spiro atoms. The Morgan fingerprint density at radius 3 is 2.55 bits per heavy atom. The van der Waals surface area contributed by atoms with Crippen molar-refractivity contribution in [2.24, 2.45) is 0 Å². The number of nitrogens with zero attached hydrogens (tertiary/aromatic N) is 1. The van der Waals surface area contributed by atoms with Crippen LogP contribution in [0, 0.1) is 5.82 Å². The van der Waals surface area contributed by atoms with Gasteiger partial charge in [-0.15, -0.1) is 0 Å². The van der Waals surface area contributed by atoms with Crippen molar-refractivity contribution in [3.63, 3.8) is 0 Å². The van der Waals surface area contributed by atoms with Crippen molar-refractivity contribution in [3.05, 3.63) is 101 Å². The quantitative estimate of drug-likeness (QED) is 0.421. The number of ketones is 1. The lowest BCUT2D eigenvalue weighted by Crippen LogP contribution is -2.18. The van der Waals surface area contributed by atoms with E-state index in [-0.39, 0.29) is 24.1 Å². The fourth-order valence-corrected chi connectivity index (χ4v) is 4.73. The maximum Gasteiger partial charge on any atom is 0.244 e. The number of allylic oxidation sites excluding steroid dienone is 1. The van der Waals surface area contributed by atoms with Crippen LogP contribution in [0.1, 0.15) is 15.9 Å². The molecule has 5 rings (SSSR count). The molecule has 1 amide bonds. The number of carbonyl (C=O) groups is 2. The third-order valence-corrected chi connectivity index (χ3v) is 6.22. The number of nitrogens with one attached hydrogen (secondary N) is 1. The van der Waals surface area contributed by atoms with Crippen molar-refractivity contribution < 1.29 is 14.0 Å². The third-order valence-electron chi connectivity index (χ3n) is 5.12. The molecule has 3 aromatic carbocycles. The zero-order valence-electron chi connectivity index (χ0n) is 16.3. The minimum atomic E-state index is -0.353. The molecule has 1 aliphatic heterocycles. The minimum Gasteiger partial charge on any atom is -0.337 e. The summed E-state index contributed by atoms with van der Waals surface area (Å²) in [7, 11) is 0. The van der Waals surface area contributed by atoms with E-state index in [2.05, 4.69) is 5.32 Å². The van der Waals surface area contributed by atoms with Crippen LogP contribution >= 0.6 is 11.8 Å². The molecule has 4 aromatic rings. The van der Waals surface area contributed by atoms with Crippen LogP contribution in [0.5, 0.6) is 0 Å². The summed E-state index contributed by atoms with van der Waals surface area (Å²) in [6.07, 6.45) is 3.78. The molecular weight excluding hydrogens is 411 g/mol. The van der Waals surface area contributed by atoms with Crippen LogP contribution in [0.4, 0.5) is 10.1 Å². The number of Topliss-reactive ketones (excluding diaryl/α,β-unsaturated/α-hetero) is 1. The van der Waals surface area contributed by atoms with Crippen molar-refractivity contribution in [2.45, 2.75) is 11.4 Å². The molecule has 1 aromatic heterocycles. The van der Waals surface area contributed by atoms with Crippen LogP contribution in [-0.2, 0) is 11.3 Å². The molecule has 152 valence electrons. The molecule has 4 nitrogen and oxygen atoms in total. The van der Waals surface area contributed by atoms with E-state index >= 15 is 0 Å². The first-order chi connectivity index (χ1) is 15.1. The second-order valence-corrected chi connectivity index (χ2v) is 8.30. The second-order valence-electron chi connectivity index (χ2n) is 7.22. The van der Waals surface area contributed by atoms with Crippen LogP contribution in [0.3, 0.4) is 0 Å². The lowest BCUT2D eigenvalue weighted by molar-refractivity contribution is -0.116. The van der Waals surface area contributed by atoms with E-state index in [1.807, 2.05) is 65.4 Å². The maximum absolute atomic E-state index is 13.1. The SMILES string of the molecule is O=C(Cn1cc(/C=C2/Sc3ccccc3C2=O)c2ccccc21)Nc1ccc(F)cc1. The molecule has 1 N–H and O–H groups in total. The predicted octanol–water partition coefficient (Wildman–Crippen LogP) is 5.75. The fourth-order valence-electron chi connectivity index (χ4n) is 3.69. The number of thioether (sulfide) groups is 1. The Balaban J connectivity index is 1.44. The molecule has 0 atom stereocenters. The van der Waals surface area contributed by atoms with Gasteiger partial charge in [0.05, 0.1) is 4.91 Å². The summed E-state index contributed by atoms with van der Waals surface area (Å²) in [5.41, 5.74) is 3.04. The van der Waals surface area contributed by atoms with Gasteiger partial charge in [0.25, 0.3) is 0 Å². The number of aromatic nitrogens is 1. The van der Waals surface area contributed by atoms with Gasteiger partial charge in [0, 0.05) is 38.8 Å². The van der Waals surface area contributed by atoms with Crippen LogP contribution in [0.2, 0.25) is 0 Å². The van der Waals surface area contributed by atoms with Crippen LogP contribution in [-0.4, -0.2) is 16.3 Å². The molecule has 0 unspecified atom stereocenters. The van der Waals surface area contributed by atoms with Gasteiger partial charge in [0.15, 0.2) is 0 Å². The Hall–Kier alpha value is -3.64. The van der Waals surface area contributed by atoms with Crippen molar-refractivity contribution in [2.75, 3.05) is 5.32 Å². The monoisotopic (exact) mass is 428 g/mol. The number of rotatable bonds is 4.